The molecule has 2 aromatic heterocycles. The van der Waals surface area contributed by atoms with Gasteiger partial charge in [0.05, 0.1) is 28.5 Å². The number of ketones is 1. The van der Waals surface area contributed by atoms with Crippen LogP contribution in [0.4, 0.5) is 0 Å². The van der Waals surface area contributed by atoms with Crippen LogP contribution in [0.5, 0.6) is 0 Å². The molecule has 3 aromatic carbocycles. The summed E-state index contributed by atoms with van der Waals surface area (Å²) in [5, 5.41) is 1.69. The average molecular weight is 419 g/mol. The van der Waals surface area contributed by atoms with Crippen LogP contribution >= 0.6 is 0 Å². The monoisotopic (exact) mass is 419 g/mol. The first kappa shape index (κ1) is 18.4. The number of pyridine rings is 1. The van der Waals surface area contributed by atoms with E-state index in [1.165, 1.54) is 10.9 Å². The predicted molar refractivity (Wildman–Crippen MR) is 123 cm³/mol. The van der Waals surface area contributed by atoms with Crippen molar-refractivity contribution in [1.82, 2.24) is 14.1 Å². The molecular formula is C26H17N3O3. The predicted octanol–water partition coefficient (Wildman–Crippen LogP) is 3.62. The minimum absolute atomic E-state index is 0.0786. The molecule has 1 aliphatic rings. The Bertz CT molecular complexity index is 1700. The largest absolute Gasteiger partial charge is 0.305 e. The molecule has 6 nitrogen and oxygen atoms in total. The van der Waals surface area contributed by atoms with Gasteiger partial charge < -0.3 is 4.57 Å². The van der Waals surface area contributed by atoms with Gasteiger partial charge in [0, 0.05) is 35.0 Å². The molecule has 6 rings (SSSR count). The zero-order chi connectivity index (χ0) is 21.8. The van der Waals surface area contributed by atoms with Gasteiger partial charge in [-0.3, -0.25) is 19.0 Å². The lowest BCUT2D eigenvalue weighted by Crippen LogP contribution is -2.28. The number of nitrogens with zero attached hydrogens (tertiary/aromatic N) is 3. The van der Waals surface area contributed by atoms with Crippen molar-refractivity contribution < 1.29 is 4.79 Å². The van der Waals surface area contributed by atoms with E-state index in [1.807, 2.05) is 36.4 Å². The molecule has 6 heteroatoms. The van der Waals surface area contributed by atoms with Crippen molar-refractivity contribution in [2.45, 2.75) is 13.1 Å². The highest BCUT2D eigenvalue weighted by atomic mass is 16.1. The number of carbonyl (C=O) groups excluding carboxylic acids is 1. The van der Waals surface area contributed by atoms with Crippen molar-refractivity contribution in [3.8, 4) is 11.3 Å². The fourth-order valence-electron chi connectivity index (χ4n) is 4.62. The molecule has 32 heavy (non-hydrogen) atoms. The molecule has 0 N–H and O–H groups in total. The highest BCUT2D eigenvalue weighted by molar-refractivity contribution is 6.26. The molecule has 0 aliphatic heterocycles. The first-order chi connectivity index (χ1) is 15.6. The number of hydrogen-bond donors (Lipinski definition) is 0. The van der Waals surface area contributed by atoms with Crippen molar-refractivity contribution in [3.63, 3.8) is 0 Å². The Hall–Kier alpha value is -4.32. The summed E-state index contributed by atoms with van der Waals surface area (Å²) in [6, 6.07) is 21.7. The van der Waals surface area contributed by atoms with Gasteiger partial charge in [0.25, 0.3) is 11.1 Å². The van der Waals surface area contributed by atoms with E-state index in [-0.39, 0.29) is 30.0 Å². The highest BCUT2D eigenvalue weighted by Crippen LogP contribution is 2.39. The van der Waals surface area contributed by atoms with Crippen molar-refractivity contribution in [2.24, 2.45) is 0 Å². The van der Waals surface area contributed by atoms with Crippen LogP contribution in [-0.4, -0.2) is 19.9 Å². The molecule has 0 bridgehead atoms. The summed E-state index contributed by atoms with van der Waals surface area (Å²) in [7, 11) is 0. The minimum atomic E-state index is -0.175. The molecule has 0 saturated carbocycles. The van der Waals surface area contributed by atoms with Crippen LogP contribution in [-0.2, 0) is 13.1 Å². The highest BCUT2D eigenvalue weighted by Gasteiger charge is 2.32. The fourth-order valence-corrected chi connectivity index (χ4v) is 4.62. The molecule has 0 unspecified atom stereocenters. The standard InChI is InChI=1S/C26H17N3O3/c30-24-18-9-3-2-8-17(18)23-22(24)16-7-1-4-10-19(16)26(32)29(23)14-13-28-15-27-21-12-6-5-11-20(21)25(28)31/h1-12,15H,13-14H2. The van der Waals surface area contributed by atoms with Crippen LogP contribution in [0, 0.1) is 0 Å². The summed E-state index contributed by atoms with van der Waals surface area (Å²) in [6.45, 7) is 0.505. The molecule has 0 saturated heterocycles. The summed E-state index contributed by atoms with van der Waals surface area (Å²) in [5.41, 5.74) is 2.82. The molecule has 0 radical (unpaired) electrons. The van der Waals surface area contributed by atoms with E-state index in [0.29, 0.717) is 38.5 Å². The second kappa shape index (κ2) is 6.85. The molecule has 0 spiro atoms. The Morgan fingerprint density at radius 3 is 2.12 bits per heavy atom. The molecule has 5 aromatic rings. The smallest absolute Gasteiger partial charge is 0.261 e. The van der Waals surface area contributed by atoms with E-state index >= 15 is 0 Å². The molecule has 0 fully saturated rings. The van der Waals surface area contributed by atoms with Gasteiger partial charge in [0.1, 0.15) is 0 Å². The molecular weight excluding hydrogens is 402 g/mol. The number of para-hydroxylation sites is 1. The Kier molecular flexibility index (Phi) is 3.95. The third kappa shape index (κ3) is 2.53. The quantitative estimate of drug-likeness (QED) is 0.439. The maximum Gasteiger partial charge on any atom is 0.261 e. The van der Waals surface area contributed by atoms with Crippen molar-refractivity contribution in [1.29, 1.82) is 0 Å². The van der Waals surface area contributed by atoms with Crippen LogP contribution in [0.15, 0.2) is 88.7 Å². The number of fused-ring (bicyclic) bond motifs is 6. The Balaban J connectivity index is 1.55. The second-order valence-electron chi connectivity index (χ2n) is 7.86. The molecule has 0 atom stereocenters. The topological polar surface area (TPSA) is 74.0 Å². The van der Waals surface area contributed by atoms with E-state index in [9.17, 15) is 14.4 Å². The minimum Gasteiger partial charge on any atom is -0.305 e. The number of benzene rings is 3. The van der Waals surface area contributed by atoms with Crippen LogP contribution < -0.4 is 11.1 Å². The normalized spacial score (nSPS) is 12.3. The lowest BCUT2D eigenvalue weighted by molar-refractivity contribution is 0.104. The van der Waals surface area contributed by atoms with Gasteiger partial charge >= 0.3 is 0 Å². The van der Waals surface area contributed by atoms with E-state index in [1.54, 1.807) is 41.0 Å². The first-order valence-corrected chi connectivity index (χ1v) is 10.4. The summed E-state index contributed by atoms with van der Waals surface area (Å²) >= 11 is 0. The number of hydrogen-bond acceptors (Lipinski definition) is 4. The van der Waals surface area contributed by atoms with Crippen molar-refractivity contribution in [2.75, 3.05) is 0 Å². The fraction of sp³-hybridized carbons (Fsp3) is 0.0769. The summed E-state index contributed by atoms with van der Waals surface area (Å²) in [5.74, 6) is -0.0786. The number of carbonyl (C=O) groups is 1. The third-order valence-electron chi connectivity index (χ3n) is 6.13. The Morgan fingerprint density at radius 2 is 1.31 bits per heavy atom. The van der Waals surface area contributed by atoms with Crippen LogP contribution in [0.2, 0.25) is 0 Å². The Morgan fingerprint density at radius 1 is 0.656 bits per heavy atom. The lowest BCUT2D eigenvalue weighted by atomic mass is 10.0. The van der Waals surface area contributed by atoms with E-state index in [4.69, 9.17) is 0 Å². The van der Waals surface area contributed by atoms with E-state index < -0.39 is 0 Å². The maximum atomic E-state index is 13.5. The van der Waals surface area contributed by atoms with Gasteiger partial charge in [-0.2, -0.15) is 0 Å². The third-order valence-corrected chi connectivity index (χ3v) is 6.13. The molecule has 1 aliphatic carbocycles. The summed E-state index contributed by atoms with van der Waals surface area (Å²) in [6.07, 6.45) is 1.51. The van der Waals surface area contributed by atoms with Gasteiger partial charge in [-0.1, -0.05) is 54.6 Å². The van der Waals surface area contributed by atoms with Gasteiger partial charge in [-0.05, 0) is 18.2 Å². The van der Waals surface area contributed by atoms with Crippen LogP contribution in [0.3, 0.4) is 0 Å². The number of aryl methyl sites for hydroxylation is 1. The first-order valence-electron chi connectivity index (χ1n) is 10.4. The molecule has 2 heterocycles. The zero-order valence-corrected chi connectivity index (χ0v) is 17.0. The van der Waals surface area contributed by atoms with E-state index in [2.05, 4.69) is 4.98 Å². The molecule has 154 valence electrons. The van der Waals surface area contributed by atoms with Crippen molar-refractivity contribution >= 4 is 27.5 Å². The lowest BCUT2D eigenvalue weighted by Gasteiger charge is -2.16. The number of rotatable bonds is 3. The van der Waals surface area contributed by atoms with Gasteiger partial charge in [-0.15, -0.1) is 0 Å². The maximum absolute atomic E-state index is 13.5. The summed E-state index contributed by atoms with van der Waals surface area (Å²) < 4.78 is 3.14. The van der Waals surface area contributed by atoms with Crippen LogP contribution in [0.25, 0.3) is 32.9 Å². The van der Waals surface area contributed by atoms with E-state index in [0.717, 1.165) is 5.56 Å². The van der Waals surface area contributed by atoms with Gasteiger partial charge in [-0.25, -0.2) is 4.98 Å². The summed E-state index contributed by atoms with van der Waals surface area (Å²) in [4.78, 5) is 44.0. The van der Waals surface area contributed by atoms with Crippen LogP contribution in [0.1, 0.15) is 15.9 Å². The van der Waals surface area contributed by atoms with Crippen molar-refractivity contribution in [3.05, 3.63) is 111 Å². The number of aromatic nitrogens is 3. The zero-order valence-electron chi connectivity index (χ0n) is 17.0. The van der Waals surface area contributed by atoms with Gasteiger partial charge in [0.2, 0.25) is 0 Å². The second-order valence-corrected chi connectivity index (χ2v) is 7.86. The SMILES string of the molecule is O=C1c2ccccc2-c2c1c1ccccc1c(=O)n2CCn1cnc2ccccc2c1=O. The molecule has 0 amide bonds. The van der Waals surface area contributed by atoms with Gasteiger partial charge in [0.15, 0.2) is 5.78 Å². The average Bonchev–Trinajstić information content (AvgIpc) is 3.13. The Labute approximate surface area is 182 Å².